The van der Waals surface area contributed by atoms with Crippen LogP contribution in [0.3, 0.4) is 0 Å². The van der Waals surface area contributed by atoms with Crippen LogP contribution in [0.2, 0.25) is 0 Å². The molecule has 172 valence electrons. The van der Waals surface area contributed by atoms with Crippen LogP contribution in [-0.2, 0) is 6.42 Å². The molecule has 1 fully saturated rings. The molecule has 0 spiro atoms. The van der Waals surface area contributed by atoms with E-state index in [0.717, 1.165) is 36.2 Å². The summed E-state index contributed by atoms with van der Waals surface area (Å²) in [6, 6.07) is 26.2. The quantitative estimate of drug-likeness (QED) is 0.298. The van der Waals surface area contributed by atoms with Crippen molar-refractivity contribution in [3.05, 3.63) is 111 Å². The summed E-state index contributed by atoms with van der Waals surface area (Å²) in [5, 5.41) is 4.94. The maximum atomic E-state index is 12.8. The molecule has 1 aromatic heterocycles. The van der Waals surface area contributed by atoms with Gasteiger partial charge < -0.3 is 5.32 Å². The van der Waals surface area contributed by atoms with Gasteiger partial charge in [0.1, 0.15) is 0 Å². The summed E-state index contributed by atoms with van der Waals surface area (Å²) >= 11 is 1.20. The average molecular weight is 469 g/mol. The zero-order valence-electron chi connectivity index (χ0n) is 19.1. The molecule has 3 aromatic carbocycles. The number of nitrogens with one attached hydrogen (secondary N) is 1. The van der Waals surface area contributed by atoms with Gasteiger partial charge >= 0.3 is 4.87 Å². The first-order valence-electron chi connectivity index (χ1n) is 11.9. The van der Waals surface area contributed by atoms with Crippen molar-refractivity contribution in [1.82, 2.24) is 9.88 Å². The largest absolute Gasteiger partial charge is 0.352 e. The van der Waals surface area contributed by atoms with Crippen LogP contribution < -0.4 is 10.2 Å². The topological polar surface area (TPSA) is 51.1 Å². The van der Waals surface area contributed by atoms with Crippen LogP contribution in [0.15, 0.2) is 89.0 Å². The van der Waals surface area contributed by atoms with E-state index in [0.29, 0.717) is 18.0 Å². The Kier molecular flexibility index (Phi) is 6.72. The Hall–Kier alpha value is -3.44. The summed E-state index contributed by atoms with van der Waals surface area (Å²) in [6.45, 7) is 0.647. The molecule has 0 saturated heterocycles. The van der Waals surface area contributed by atoms with Gasteiger partial charge in [-0.05, 0) is 67.3 Å². The van der Waals surface area contributed by atoms with E-state index >= 15 is 0 Å². The van der Waals surface area contributed by atoms with E-state index < -0.39 is 0 Å². The van der Waals surface area contributed by atoms with E-state index in [1.807, 2.05) is 53.9 Å². The van der Waals surface area contributed by atoms with E-state index in [1.165, 1.54) is 35.3 Å². The van der Waals surface area contributed by atoms with Gasteiger partial charge in [-0.3, -0.25) is 14.2 Å². The van der Waals surface area contributed by atoms with Crippen molar-refractivity contribution in [2.75, 3.05) is 6.54 Å². The van der Waals surface area contributed by atoms with E-state index in [1.54, 1.807) is 4.57 Å². The van der Waals surface area contributed by atoms with E-state index in [4.69, 9.17) is 0 Å². The molecule has 5 rings (SSSR count). The highest BCUT2D eigenvalue weighted by molar-refractivity contribution is 7.07. The molecule has 1 saturated carbocycles. The minimum atomic E-state index is -0.0796. The van der Waals surface area contributed by atoms with E-state index in [2.05, 4.69) is 35.6 Å². The van der Waals surface area contributed by atoms with Crippen molar-refractivity contribution in [3.63, 3.8) is 0 Å². The molecule has 1 N–H and O–H groups in total. The number of carbonyl (C=O) groups excluding carboxylic acids is 1. The Morgan fingerprint density at radius 2 is 1.74 bits per heavy atom. The summed E-state index contributed by atoms with van der Waals surface area (Å²) in [5.41, 5.74) is 5.84. The van der Waals surface area contributed by atoms with Crippen LogP contribution in [0.4, 0.5) is 0 Å². The zero-order valence-corrected chi connectivity index (χ0v) is 19.9. The highest BCUT2D eigenvalue weighted by Gasteiger charge is 2.27. The number of amides is 1. The fourth-order valence-corrected chi connectivity index (χ4v) is 5.14. The Labute approximate surface area is 203 Å². The summed E-state index contributed by atoms with van der Waals surface area (Å²) in [5.74, 6) is 0.457. The number of thiazole rings is 1. The average Bonchev–Trinajstić information content (AvgIpc) is 3.66. The van der Waals surface area contributed by atoms with Gasteiger partial charge in [-0.2, -0.15) is 0 Å². The van der Waals surface area contributed by atoms with Crippen LogP contribution >= 0.6 is 11.3 Å². The number of nitrogens with zero attached hydrogens (tertiary/aromatic N) is 1. The Morgan fingerprint density at radius 3 is 2.56 bits per heavy atom. The van der Waals surface area contributed by atoms with Gasteiger partial charge in [0.05, 0.1) is 11.4 Å². The minimum Gasteiger partial charge on any atom is -0.352 e. The van der Waals surface area contributed by atoms with Gasteiger partial charge in [0.2, 0.25) is 0 Å². The van der Waals surface area contributed by atoms with Gasteiger partial charge in [0.25, 0.3) is 5.91 Å². The van der Waals surface area contributed by atoms with Crippen molar-refractivity contribution < 1.29 is 4.79 Å². The molecule has 34 heavy (non-hydrogen) atoms. The highest BCUT2D eigenvalue weighted by atomic mass is 32.1. The number of rotatable bonds is 9. The zero-order chi connectivity index (χ0) is 23.3. The first kappa shape index (κ1) is 22.4. The van der Waals surface area contributed by atoms with Gasteiger partial charge in [-0.1, -0.05) is 72.0 Å². The molecule has 1 aliphatic carbocycles. The maximum absolute atomic E-state index is 12.8. The molecule has 0 unspecified atom stereocenters. The molecular formula is C29H28N2O2S. The number of unbranched alkanes of at least 4 members (excludes halogenated alkanes) is 1. The molecule has 4 aromatic rings. The lowest BCUT2D eigenvalue weighted by atomic mass is 10.1. The van der Waals surface area contributed by atoms with Crippen LogP contribution in [0.1, 0.15) is 53.1 Å². The van der Waals surface area contributed by atoms with Crippen molar-refractivity contribution in [3.8, 4) is 16.9 Å². The van der Waals surface area contributed by atoms with Crippen LogP contribution in [0, 0.1) is 0 Å². The number of aryl methyl sites for hydroxylation is 1. The van der Waals surface area contributed by atoms with E-state index in [-0.39, 0.29) is 10.8 Å². The van der Waals surface area contributed by atoms with Crippen LogP contribution in [0.25, 0.3) is 16.9 Å². The Bertz CT molecular complexity index is 1340. The third-order valence-corrected chi connectivity index (χ3v) is 7.06. The normalized spacial score (nSPS) is 13.1. The molecule has 0 bridgehead atoms. The third kappa shape index (κ3) is 5.05. The number of hydrogen-bond donors (Lipinski definition) is 1. The van der Waals surface area contributed by atoms with Gasteiger partial charge in [-0.25, -0.2) is 0 Å². The predicted molar refractivity (Wildman–Crippen MR) is 139 cm³/mol. The maximum Gasteiger partial charge on any atom is 0.312 e. The molecule has 4 nitrogen and oxygen atoms in total. The van der Waals surface area contributed by atoms with Crippen molar-refractivity contribution in [2.45, 2.75) is 38.0 Å². The number of hydrogen-bond acceptors (Lipinski definition) is 3. The highest BCUT2D eigenvalue weighted by Crippen LogP contribution is 2.43. The van der Waals surface area contributed by atoms with E-state index in [9.17, 15) is 9.59 Å². The predicted octanol–water partition coefficient (Wildman–Crippen LogP) is 6.20. The lowest BCUT2D eigenvalue weighted by Crippen LogP contribution is -2.24. The second-order valence-corrected chi connectivity index (χ2v) is 9.66. The summed E-state index contributed by atoms with van der Waals surface area (Å²) in [4.78, 5) is 25.6. The first-order valence-corrected chi connectivity index (χ1v) is 12.8. The summed E-state index contributed by atoms with van der Waals surface area (Å²) in [6.07, 6.45) is 5.33. The van der Waals surface area contributed by atoms with Crippen LogP contribution in [-0.4, -0.2) is 17.0 Å². The molecule has 0 atom stereocenters. The molecule has 0 aliphatic heterocycles. The number of carbonyl (C=O) groups is 1. The van der Waals surface area contributed by atoms with Gasteiger partial charge in [-0.15, -0.1) is 0 Å². The van der Waals surface area contributed by atoms with Crippen molar-refractivity contribution >= 4 is 17.2 Å². The molecule has 1 heterocycles. The fourth-order valence-electron chi connectivity index (χ4n) is 4.39. The SMILES string of the molecule is O=C(NCCCCc1ccccc1)c1cccc(-c2csc(=O)n2-c2ccccc2C2CC2)c1. The lowest BCUT2D eigenvalue weighted by Gasteiger charge is -2.13. The lowest BCUT2D eigenvalue weighted by molar-refractivity contribution is 0.0953. The molecule has 1 aliphatic rings. The Balaban J connectivity index is 1.29. The second kappa shape index (κ2) is 10.2. The standard InChI is InChI=1S/C29H28N2O2S/c32-28(30-18-7-6-11-21-9-2-1-3-10-21)24-13-8-12-23(19-24)27-20-34-29(33)31(27)26-15-5-4-14-25(26)22-16-17-22/h1-5,8-10,12-15,19-20,22H,6-7,11,16-18H2,(H,30,32). The van der Waals surface area contributed by atoms with Gasteiger partial charge in [0, 0.05) is 23.1 Å². The third-order valence-electron chi connectivity index (χ3n) is 6.33. The van der Waals surface area contributed by atoms with Crippen molar-refractivity contribution in [1.29, 1.82) is 0 Å². The molecular weight excluding hydrogens is 440 g/mol. The smallest absolute Gasteiger partial charge is 0.312 e. The van der Waals surface area contributed by atoms with Crippen LogP contribution in [0.5, 0.6) is 0 Å². The Morgan fingerprint density at radius 1 is 0.941 bits per heavy atom. The summed E-state index contributed by atoms with van der Waals surface area (Å²) in [7, 11) is 0. The second-order valence-electron chi connectivity index (χ2n) is 8.83. The number of benzene rings is 3. The monoisotopic (exact) mass is 468 g/mol. The number of aromatic nitrogens is 1. The molecule has 5 heteroatoms. The number of para-hydroxylation sites is 1. The van der Waals surface area contributed by atoms with Crippen molar-refractivity contribution in [2.24, 2.45) is 0 Å². The fraction of sp³-hybridized carbons (Fsp3) is 0.241. The first-order chi connectivity index (χ1) is 16.7. The molecule has 1 amide bonds. The summed E-state index contributed by atoms with van der Waals surface area (Å²) < 4.78 is 1.80. The minimum absolute atomic E-state index is 0.00336. The molecule has 0 radical (unpaired) electrons. The van der Waals surface area contributed by atoms with Gasteiger partial charge in [0.15, 0.2) is 0 Å².